The molecule has 1 N–H and O–H groups in total. The van der Waals surface area contributed by atoms with Gasteiger partial charge in [-0.15, -0.1) is 10.2 Å². The number of rotatable bonds is 4. The molecule has 3 rings (SSSR count). The molecule has 0 fully saturated rings. The van der Waals surface area contributed by atoms with Gasteiger partial charge in [0.2, 0.25) is 5.91 Å². The smallest absolute Gasteiger partial charge is 0.351 e. The fourth-order valence-electron chi connectivity index (χ4n) is 3.21. The number of alkyl halides is 3. The zero-order valence-electron chi connectivity index (χ0n) is 14.7. The Morgan fingerprint density at radius 1 is 1.35 bits per heavy atom. The third-order valence-electron chi connectivity index (χ3n) is 4.48. The predicted octanol–water partition coefficient (Wildman–Crippen LogP) is 3.09. The minimum Gasteiger partial charge on any atom is -0.351 e. The maximum absolute atomic E-state index is 12.8. The molecule has 2 heterocycles. The van der Waals surface area contributed by atoms with E-state index in [1.54, 1.807) is 0 Å². The molecule has 0 radical (unpaired) electrons. The first kappa shape index (κ1) is 18.4. The van der Waals surface area contributed by atoms with Gasteiger partial charge in [0.25, 0.3) is 0 Å². The van der Waals surface area contributed by atoms with E-state index in [9.17, 15) is 18.0 Å². The number of nitrogens with one attached hydrogen (secondary N) is 1. The number of hydrogen-bond donors (Lipinski definition) is 1. The zero-order valence-corrected chi connectivity index (χ0v) is 14.7. The van der Waals surface area contributed by atoms with Gasteiger partial charge < -0.3 is 9.88 Å². The summed E-state index contributed by atoms with van der Waals surface area (Å²) in [5.74, 6) is 1.75. The third kappa shape index (κ3) is 4.05. The molecule has 0 saturated heterocycles. The number of aryl methyl sites for hydroxylation is 1. The average Bonchev–Trinajstić information content (AvgIpc) is 2.97. The highest BCUT2D eigenvalue weighted by molar-refractivity contribution is 5.78. The van der Waals surface area contributed by atoms with Crippen molar-refractivity contribution in [3.05, 3.63) is 47.0 Å². The van der Waals surface area contributed by atoms with Crippen molar-refractivity contribution in [1.82, 2.24) is 20.1 Å². The molecule has 5 nitrogen and oxygen atoms in total. The highest BCUT2D eigenvalue weighted by Gasteiger charge is 2.30. The maximum Gasteiger partial charge on any atom is 0.416 e. The third-order valence-corrected chi connectivity index (χ3v) is 4.48. The monoisotopic (exact) mass is 366 g/mol. The lowest BCUT2D eigenvalue weighted by Crippen LogP contribution is -2.42. The van der Waals surface area contributed by atoms with Crippen molar-refractivity contribution in [2.75, 3.05) is 0 Å². The van der Waals surface area contributed by atoms with Gasteiger partial charge in [-0.05, 0) is 18.1 Å². The molecule has 2 aromatic rings. The van der Waals surface area contributed by atoms with Crippen LogP contribution in [0.1, 0.15) is 49.0 Å². The lowest BCUT2D eigenvalue weighted by molar-refractivity contribution is -0.137. The Balaban J connectivity index is 1.63. The summed E-state index contributed by atoms with van der Waals surface area (Å²) >= 11 is 0. The Morgan fingerprint density at radius 2 is 2.12 bits per heavy atom. The van der Waals surface area contributed by atoms with Crippen LogP contribution in [0.15, 0.2) is 24.3 Å². The van der Waals surface area contributed by atoms with Gasteiger partial charge in [0.05, 0.1) is 12.0 Å². The van der Waals surface area contributed by atoms with E-state index in [0.717, 1.165) is 30.2 Å². The van der Waals surface area contributed by atoms with Crippen molar-refractivity contribution in [3.63, 3.8) is 0 Å². The molecule has 0 saturated carbocycles. The van der Waals surface area contributed by atoms with Crippen molar-refractivity contribution >= 4 is 5.91 Å². The minimum absolute atomic E-state index is 0.0747. The fourth-order valence-corrected chi connectivity index (χ4v) is 3.21. The van der Waals surface area contributed by atoms with Crippen LogP contribution in [0.2, 0.25) is 0 Å². The summed E-state index contributed by atoms with van der Waals surface area (Å²) in [6.45, 7) is 4.66. The molecule has 0 aliphatic carbocycles. The molecule has 0 bridgehead atoms. The molecule has 1 aliphatic heterocycles. The molecule has 0 spiro atoms. The van der Waals surface area contributed by atoms with Crippen molar-refractivity contribution < 1.29 is 18.0 Å². The first-order valence-electron chi connectivity index (χ1n) is 8.61. The Morgan fingerprint density at radius 3 is 2.81 bits per heavy atom. The summed E-state index contributed by atoms with van der Waals surface area (Å²) in [6.07, 6.45) is -3.03. The van der Waals surface area contributed by atoms with Crippen molar-refractivity contribution in [2.45, 2.75) is 57.8 Å². The predicted molar refractivity (Wildman–Crippen MR) is 89.5 cm³/mol. The molecule has 1 atom stereocenters. The highest BCUT2D eigenvalue weighted by atomic mass is 19.4. The van der Waals surface area contributed by atoms with Crippen LogP contribution in [0.4, 0.5) is 13.2 Å². The summed E-state index contributed by atoms with van der Waals surface area (Å²) in [7, 11) is 0. The molecule has 140 valence electrons. The van der Waals surface area contributed by atoms with Crippen molar-refractivity contribution in [1.29, 1.82) is 0 Å². The van der Waals surface area contributed by atoms with Crippen LogP contribution in [-0.4, -0.2) is 26.7 Å². The van der Waals surface area contributed by atoms with Crippen LogP contribution >= 0.6 is 0 Å². The van der Waals surface area contributed by atoms with Crippen LogP contribution in [0.5, 0.6) is 0 Å². The Labute approximate surface area is 149 Å². The molecule has 1 amide bonds. The first-order valence-corrected chi connectivity index (χ1v) is 8.61. The van der Waals surface area contributed by atoms with Gasteiger partial charge in [0, 0.05) is 24.9 Å². The first-order chi connectivity index (χ1) is 12.2. The molecular weight excluding hydrogens is 345 g/mol. The van der Waals surface area contributed by atoms with E-state index in [-0.39, 0.29) is 24.3 Å². The Hall–Kier alpha value is -2.38. The van der Waals surface area contributed by atoms with E-state index in [4.69, 9.17) is 0 Å². The number of fused-ring (bicyclic) bond motifs is 1. The number of aromatic nitrogens is 3. The number of carbonyl (C=O) groups excluding carboxylic acids is 1. The lowest BCUT2D eigenvalue weighted by atomic mass is 10.0. The van der Waals surface area contributed by atoms with E-state index >= 15 is 0 Å². The topological polar surface area (TPSA) is 59.8 Å². The van der Waals surface area contributed by atoms with Crippen LogP contribution < -0.4 is 5.32 Å². The van der Waals surface area contributed by atoms with E-state index in [1.807, 2.05) is 18.4 Å². The summed E-state index contributed by atoms with van der Waals surface area (Å²) in [5.41, 5.74) is -0.392. The van der Waals surface area contributed by atoms with Gasteiger partial charge in [-0.1, -0.05) is 32.0 Å². The quantitative estimate of drug-likeness (QED) is 0.905. The standard InChI is InChI=1S/C18H21F3N4O/c1-11(2)17-24-23-15-7-6-14(10-25(15)17)22-16(26)9-12-4-3-5-13(8-12)18(19,20)21/h3-5,8,11,14H,6-7,9-10H2,1-2H3,(H,22,26)/t14-/m1/s1. The van der Waals surface area contributed by atoms with Crippen LogP contribution in [0.3, 0.4) is 0 Å². The summed E-state index contributed by atoms with van der Waals surface area (Å²) < 4.78 is 40.4. The molecule has 26 heavy (non-hydrogen) atoms. The maximum atomic E-state index is 12.8. The second-order valence-corrected chi connectivity index (χ2v) is 6.92. The highest BCUT2D eigenvalue weighted by Crippen LogP contribution is 2.29. The lowest BCUT2D eigenvalue weighted by Gasteiger charge is -2.26. The van der Waals surface area contributed by atoms with Crippen molar-refractivity contribution in [2.24, 2.45) is 0 Å². The average molecular weight is 366 g/mol. The Kier molecular flexibility index (Phi) is 5.02. The number of benzene rings is 1. The Bertz CT molecular complexity index is 798. The van der Waals surface area contributed by atoms with Gasteiger partial charge in [0.15, 0.2) is 0 Å². The van der Waals surface area contributed by atoms with Gasteiger partial charge in [0.1, 0.15) is 11.6 Å². The van der Waals surface area contributed by atoms with E-state index < -0.39 is 11.7 Å². The van der Waals surface area contributed by atoms with Crippen LogP contribution in [0.25, 0.3) is 0 Å². The number of nitrogens with zero attached hydrogens (tertiary/aromatic N) is 3. The largest absolute Gasteiger partial charge is 0.416 e. The van der Waals surface area contributed by atoms with Gasteiger partial charge in [-0.25, -0.2) is 0 Å². The van der Waals surface area contributed by atoms with Crippen LogP contribution in [-0.2, 0) is 30.4 Å². The minimum atomic E-state index is -4.41. The molecule has 1 aromatic carbocycles. The second kappa shape index (κ2) is 7.09. The molecule has 1 aliphatic rings. The molecule has 0 unspecified atom stereocenters. The zero-order chi connectivity index (χ0) is 18.9. The van der Waals surface area contributed by atoms with E-state index in [2.05, 4.69) is 15.5 Å². The van der Waals surface area contributed by atoms with E-state index in [0.29, 0.717) is 18.5 Å². The number of amides is 1. The summed E-state index contributed by atoms with van der Waals surface area (Å²) in [5, 5.41) is 11.3. The molecule has 1 aromatic heterocycles. The number of hydrogen-bond acceptors (Lipinski definition) is 3. The van der Waals surface area contributed by atoms with Crippen LogP contribution in [0, 0.1) is 0 Å². The van der Waals surface area contributed by atoms with Gasteiger partial charge in [-0.3, -0.25) is 4.79 Å². The van der Waals surface area contributed by atoms with Gasteiger partial charge in [-0.2, -0.15) is 13.2 Å². The molecule has 8 heteroatoms. The van der Waals surface area contributed by atoms with Crippen molar-refractivity contribution in [3.8, 4) is 0 Å². The fraction of sp³-hybridized carbons (Fsp3) is 0.500. The number of halogens is 3. The SMILES string of the molecule is CC(C)c1nnc2n1C[C@H](NC(=O)Cc1cccc(C(F)(F)F)c1)CC2. The van der Waals surface area contributed by atoms with Gasteiger partial charge >= 0.3 is 6.18 Å². The molecular formula is C18H21F3N4O. The number of carbonyl (C=O) groups is 1. The second-order valence-electron chi connectivity index (χ2n) is 6.92. The normalized spacial score (nSPS) is 17.2. The van der Waals surface area contributed by atoms with E-state index in [1.165, 1.54) is 12.1 Å². The summed E-state index contributed by atoms with van der Waals surface area (Å²) in [4.78, 5) is 12.3. The summed E-state index contributed by atoms with van der Waals surface area (Å²) in [6, 6.07) is 4.81.